The SMILES string of the molecule is COc1ccc(COCCC2CCC2)cc1C(=N)N. The van der Waals surface area contributed by atoms with E-state index in [0.29, 0.717) is 17.9 Å². The van der Waals surface area contributed by atoms with Gasteiger partial charge in [-0.3, -0.25) is 5.41 Å². The minimum atomic E-state index is 0.0215. The highest BCUT2D eigenvalue weighted by Gasteiger charge is 2.16. The minimum absolute atomic E-state index is 0.0215. The Bertz CT molecular complexity index is 442. The Kier molecular flexibility index (Phi) is 4.80. The van der Waals surface area contributed by atoms with E-state index in [4.69, 9.17) is 20.6 Å². The van der Waals surface area contributed by atoms with E-state index >= 15 is 0 Å². The van der Waals surface area contributed by atoms with E-state index in [0.717, 1.165) is 24.5 Å². The Morgan fingerprint density at radius 2 is 2.21 bits per heavy atom. The zero-order valence-electron chi connectivity index (χ0n) is 11.4. The Labute approximate surface area is 114 Å². The average molecular weight is 262 g/mol. The second-order valence-electron chi connectivity index (χ2n) is 5.09. The van der Waals surface area contributed by atoms with Gasteiger partial charge in [0.15, 0.2) is 0 Å². The van der Waals surface area contributed by atoms with E-state index < -0.39 is 0 Å². The van der Waals surface area contributed by atoms with Gasteiger partial charge in [0.1, 0.15) is 11.6 Å². The van der Waals surface area contributed by atoms with Crippen LogP contribution in [0, 0.1) is 11.3 Å². The van der Waals surface area contributed by atoms with Crippen LogP contribution in [0.2, 0.25) is 0 Å². The predicted molar refractivity (Wildman–Crippen MR) is 75.6 cm³/mol. The van der Waals surface area contributed by atoms with E-state index in [-0.39, 0.29) is 5.84 Å². The van der Waals surface area contributed by atoms with Crippen LogP contribution >= 0.6 is 0 Å². The second kappa shape index (κ2) is 6.57. The summed E-state index contributed by atoms with van der Waals surface area (Å²) < 4.78 is 10.9. The van der Waals surface area contributed by atoms with Crippen molar-refractivity contribution in [3.63, 3.8) is 0 Å². The third kappa shape index (κ3) is 3.70. The molecule has 0 saturated heterocycles. The van der Waals surface area contributed by atoms with Gasteiger partial charge in [0.25, 0.3) is 0 Å². The first-order chi connectivity index (χ1) is 9.20. The molecule has 1 fully saturated rings. The molecule has 3 N–H and O–H groups in total. The molecule has 0 spiro atoms. The maximum atomic E-state index is 7.54. The van der Waals surface area contributed by atoms with Gasteiger partial charge in [-0.2, -0.15) is 0 Å². The van der Waals surface area contributed by atoms with Crippen molar-refractivity contribution in [2.75, 3.05) is 13.7 Å². The normalized spacial score (nSPS) is 15.0. The summed E-state index contributed by atoms with van der Waals surface area (Å²) in [5.74, 6) is 1.53. The van der Waals surface area contributed by atoms with Crippen molar-refractivity contribution in [3.8, 4) is 5.75 Å². The number of nitrogens with one attached hydrogen (secondary N) is 1. The van der Waals surface area contributed by atoms with Crippen LogP contribution in [-0.2, 0) is 11.3 Å². The van der Waals surface area contributed by atoms with Gasteiger partial charge < -0.3 is 15.2 Å². The van der Waals surface area contributed by atoms with Crippen LogP contribution in [0.1, 0.15) is 36.8 Å². The molecule has 0 heterocycles. The van der Waals surface area contributed by atoms with E-state index in [9.17, 15) is 0 Å². The maximum Gasteiger partial charge on any atom is 0.129 e. The van der Waals surface area contributed by atoms with E-state index in [2.05, 4.69) is 0 Å². The molecule has 4 heteroatoms. The summed E-state index contributed by atoms with van der Waals surface area (Å²) in [7, 11) is 1.58. The van der Waals surface area contributed by atoms with Gasteiger partial charge in [-0.05, 0) is 30.0 Å². The zero-order chi connectivity index (χ0) is 13.7. The number of nitrogens with two attached hydrogens (primary N) is 1. The lowest BCUT2D eigenvalue weighted by atomic mass is 9.83. The van der Waals surface area contributed by atoms with Gasteiger partial charge in [-0.15, -0.1) is 0 Å². The number of amidine groups is 1. The maximum absolute atomic E-state index is 7.54. The number of hydrogen-bond donors (Lipinski definition) is 2. The molecule has 0 atom stereocenters. The van der Waals surface area contributed by atoms with E-state index in [1.165, 1.54) is 19.3 Å². The number of hydrogen-bond acceptors (Lipinski definition) is 3. The van der Waals surface area contributed by atoms with Crippen LogP contribution in [0.4, 0.5) is 0 Å². The Morgan fingerprint density at radius 1 is 1.42 bits per heavy atom. The molecular weight excluding hydrogens is 240 g/mol. The number of methoxy groups -OCH3 is 1. The van der Waals surface area contributed by atoms with Gasteiger partial charge in [0, 0.05) is 6.61 Å². The van der Waals surface area contributed by atoms with Crippen molar-refractivity contribution in [3.05, 3.63) is 29.3 Å². The molecule has 104 valence electrons. The number of nitrogen functional groups attached to an aromatic ring is 1. The first-order valence-electron chi connectivity index (χ1n) is 6.79. The molecule has 0 aliphatic heterocycles. The standard InChI is InChI=1S/C15H22N2O2/c1-18-14-6-5-12(9-13(14)15(16)17)10-19-8-7-11-3-2-4-11/h5-6,9,11H,2-4,7-8,10H2,1H3,(H3,16,17). The van der Waals surface area contributed by atoms with Crippen molar-refractivity contribution >= 4 is 5.84 Å². The van der Waals surface area contributed by atoms with Crippen LogP contribution in [0.15, 0.2) is 18.2 Å². The van der Waals surface area contributed by atoms with Crippen LogP contribution in [0.3, 0.4) is 0 Å². The molecular formula is C15H22N2O2. The smallest absolute Gasteiger partial charge is 0.129 e. The summed E-state index contributed by atoms with van der Waals surface area (Å²) in [5, 5.41) is 7.54. The molecule has 2 rings (SSSR count). The summed E-state index contributed by atoms with van der Waals surface area (Å²) in [5.41, 5.74) is 7.20. The van der Waals surface area contributed by atoms with Crippen molar-refractivity contribution in [2.24, 2.45) is 11.7 Å². The third-order valence-corrected chi connectivity index (χ3v) is 3.72. The molecule has 1 saturated carbocycles. The number of benzene rings is 1. The van der Waals surface area contributed by atoms with E-state index in [1.807, 2.05) is 18.2 Å². The molecule has 0 unspecified atom stereocenters. The van der Waals surface area contributed by atoms with Crippen LogP contribution in [0.25, 0.3) is 0 Å². The molecule has 1 aromatic rings. The van der Waals surface area contributed by atoms with Crippen molar-refractivity contribution < 1.29 is 9.47 Å². The lowest BCUT2D eigenvalue weighted by Gasteiger charge is -2.24. The zero-order valence-corrected chi connectivity index (χ0v) is 11.4. The molecule has 1 aromatic carbocycles. The molecule has 0 aromatic heterocycles. The predicted octanol–water partition coefficient (Wildman–Crippen LogP) is 2.69. The van der Waals surface area contributed by atoms with Crippen molar-refractivity contribution in [2.45, 2.75) is 32.3 Å². The average Bonchev–Trinajstić information content (AvgIpc) is 2.36. The fourth-order valence-corrected chi connectivity index (χ4v) is 2.28. The van der Waals surface area contributed by atoms with Gasteiger partial charge in [0.05, 0.1) is 19.3 Å². The first kappa shape index (κ1) is 13.9. The summed E-state index contributed by atoms with van der Waals surface area (Å²) in [6.45, 7) is 1.38. The topological polar surface area (TPSA) is 68.3 Å². The highest BCUT2D eigenvalue weighted by Crippen LogP contribution is 2.29. The third-order valence-electron chi connectivity index (χ3n) is 3.72. The largest absolute Gasteiger partial charge is 0.496 e. The Hall–Kier alpha value is -1.55. The quantitative estimate of drug-likeness (QED) is 0.451. The minimum Gasteiger partial charge on any atom is -0.496 e. The van der Waals surface area contributed by atoms with Gasteiger partial charge in [-0.25, -0.2) is 0 Å². The molecule has 0 amide bonds. The van der Waals surface area contributed by atoms with Crippen molar-refractivity contribution in [1.82, 2.24) is 0 Å². The summed E-state index contributed by atoms with van der Waals surface area (Å²) in [6.07, 6.45) is 5.27. The van der Waals surface area contributed by atoms with Crippen molar-refractivity contribution in [1.29, 1.82) is 5.41 Å². The molecule has 19 heavy (non-hydrogen) atoms. The monoisotopic (exact) mass is 262 g/mol. The van der Waals surface area contributed by atoms with Gasteiger partial charge >= 0.3 is 0 Å². The van der Waals surface area contributed by atoms with Gasteiger partial charge in [0.2, 0.25) is 0 Å². The first-order valence-corrected chi connectivity index (χ1v) is 6.79. The van der Waals surface area contributed by atoms with Gasteiger partial charge in [-0.1, -0.05) is 25.3 Å². The molecule has 1 aliphatic rings. The number of ether oxygens (including phenoxy) is 2. The summed E-state index contributed by atoms with van der Waals surface area (Å²) in [4.78, 5) is 0. The summed E-state index contributed by atoms with van der Waals surface area (Å²) >= 11 is 0. The van der Waals surface area contributed by atoms with Crippen LogP contribution in [-0.4, -0.2) is 19.6 Å². The highest BCUT2D eigenvalue weighted by molar-refractivity contribution is 5.97. The Morgan fingerprint density at radius 3 is 2.79 bits per heavy atom. The molecule has 1 aliphatic carbocycles. The summed E-state index contributed by atoms with van der Waals surface area (Å²) in [6, 6.07) is 5.65. The number of rotatable bonds is 7. The van der Waals surface area contributed by atoms with E-state index in [1.54, 1.807) is 7.11 Å². The second-order valence-corrected chi connectivity index (χ2v) is 5.09. The lowest BCUT2D eigenvalue weighted by molar-refractivity contribution is 0.0949. The highest BCUT2D eigenvalue weighted by atomic mass is 16.5. The fourth-order valence-electron chi connectivity index (χ4n) is 2.28. The Balaban J connectivity index is 1.85. The molecule has 0 bridgehead atoms. The lowest BCUT2D eigenvalue weighted by Crippen LogP contribution is -2.14. The molecule has 0 radical (unpaired) electrons. The van der Waals surface area contributed by atoms with Crippen LogP contribution < -0.4 is 10.5 Å². The fraction of sp³-hybridized carbons (Fsp3) is 0.533. The van der Waals surface area contributed by atoms with Crippen LogP contribution in [0.5, 0.6) is 5.75 Å². The molecule has 4 nitrogen and oxygen atoms in total.